The van der Waals surface area contributed by atoms with Crippen LogP contribution in [-0.2, 0) is 0 Å². The average Bonchev–Trinajstić information content (AvgIpc) is 3.59. The van der Waals surface area contributed by atoms with Gasteiger partial charge in [-0.15, -0.1) is 5.10 Å². The van der Waals surface area contributed by atoms with Gasteiger partial charge in [0.05, 0.1) is 37.3 Å². The first-order chi connectivity index (χ1) is 19.5. The number of fused-ring (bicyclic) bond motifs is 1. The minimum atomic E-state index is 0.176. The molecule has 210 valence electrons. The van der Waals surface area contributed by atoms with Crippen molar-refractivity contribution in [1.29, 1.82) is 0 Å². The van der Waals surface area contributed by atoms with Crippen molar-refractivity contribution in [3.8, 4) is 17.3 Å². The van der Waals surface area contributed by atoms with Crippen LogP contribution in [0.3, 0.4) is 0 Å². The molecule has 40 heavy (non-hydrogen) atoms. The van der Waals surface area contributed by atoms with Gasteiger partial charge in [-0.1, -0.05) is 19.9 Å². The normalized spacial score (nSPS) is 15.9. The number of benzene rings is 1. The van der Waals surface area contributed by atoms with Gasteiger partial charge in [-0.3, -0.25) is 14.8 Å². The van der Waals surface area contributed by atoms with Crippen LogP contribution in [-0.4, -0.2) is 92.5 Å². The van der Waals surface area contributed by atoms with Gasteiger partial charge in [0.25, 0.3) is 0 Å². The highest BCUT2D eigenvalue weighted by atomic mass is 16.5. The molecule has 4 aromatic rings. The Bertz CT molecular complexity index is 1470. The summed E-state index contributed by atoms with van der Waals surface area (Å²) in [7, 11) is 3.15. The molecule has 4 heterocycles. The largest absolute Gasteiger partial charge is 0.493 e. The van der Waals surface area contributed by atoms with E-state index in [1.807, 2.05) is 12.1 Å². The summed E-state index contributed by atoms with van der Waals surface area (Å²) in [6.45, 7) is 9.88. The summed E-state index contributed by atoms with van der Waals surface area (Å²) in [6, 6.07) is 8.13. The van der Waals surface area contributed by atoms with Gasteiger partial charge in [-0.2, -0.15) is 9.67 Å². The SMILES string of the molecule is CCN(CC)C1CCN(C/C=C/c2ccc(Nc3nc(N)n(-c4ncnc5cc(OC)c(OC)cc45)n3)cn2)C1. The lowest BCUT2D eigenvalue weighted by Gasteiger charge is -2.25. The second-order valence-corrected chi connectivity index (χ2v) is 9.55. The molecule has 1 atom stereocenters. The van der Waals surface area contributed by atoms with E-state index in [0.29, 0.717) is 40.2 Å². The summed E-state index contributed by atoms with van der Waals surface area (Å²) in [5.74, 6) is 2.09. The standard InChI is InChI=1S/C28H36N10O2/c1-5-37(6-2)21-11-13-36(17-21)12-7-8-19-9-10-20(16-30-19)33-28-34-27(29)38(35-28)26-22-14-24(39-3)25(40-4)15-23(22)31-18-32-26/h7-10,14-16,18,21H,5-6,11-13,17H2,1-4H3,(H3,29,33,34,35)/b8-7+. The summed E-state index contributed by atoms with van der Waals surface area (Å²) in [5.41, 5.74) is 8.51. The van der Waals surface area contributed by atoms with Crippen molar-refractivity contribution >= 4 is 34.6 Å². The number of nitrogens with one attached hydrogen (secondary N) is 1. The number of hydrogen-bond acceptors (Lipinski definition) is 11. The van der Waals surface area contributed by atoms with Crippen LogP contribution in [0.25, 0.3) is 22.8 Å². The maximum absolute atomic E-state index is 6.22. The van der Waals surface area contributed by atoms with Gasteiger partial charge in [0.2, 0.25) is 11.9 Å². The molecule has 0 spiro atoms. The minimum Gasteiger partial charge on any atom is -0.493 e. The topological polar surface area (TPSA) is 132 Å². The molecular weight excluding hydrogens is 508 g/mol. The molecule has 0 saturated carbocycles. The number of pyridine rings is 1. The Morgan fingerprint density at radius 1 is 1.10 bits per heavy atom. The first-order valence-corrected chi connectivity index (χ1v) is 13.5. The Kier molecular flexibility index (Phi) is 8.37. The fraction of sp³-hybridized carbons (Fsp3) is 0.393. The Balaban J connectivity index is 1.24. The summed E-state index contributed by atoms with van der Waals surface area (Å²) < 4.78 is 12.3. The quantitative estimate of drug-likeness (QED) is 0.288. The molecule has 5 rings (SSSR count). The molecule has 12 nitrogen and oxygen atoms in total. The smallest absolute Gasteiger partial charge is 0.248 e. The van der Waals surface area contributed by atoms with Crippen LogP contribution in [0.15, 0.2) is 42.9 Å². The van der Waals surface area contributed by atoms with E-state index in [1.54, 1.807) is 32.5 Å². The summed E-state index contributed by atoms with van der Waals surface area (Å²) in [6.07, 6.45) is 8.67. The Morgan fingerprint density at radius 3 is 2.62 bits per heavy atom. The first-order valence-electron chi connectivity index (χ1n) is 13.5. The number of nitrogens with two attached hydrogens (primary N) is 1. The van der Waals surface area contributed by atoms with Crippen LogP contribution < -0.4 is 20.5 Å². The predicted molar refractivity (Wildman–Crippen MR) is 156 cm³/mol. The number of likely N-dealkylation sites (N-methyl/N-ethyl adjacent to an activating group) is 1. The van der Waals surface area contributed by atoms with Gasteiger partial charge in [0, 0.05) is 37.1 Å². The molecule has 1 aromatic carbocycles. The number of anilines is 3. The Hall–Kier alpha value is -4.29. The monoisotopic (exact) mass is 544 g/mol. The van der Waals surface area contributed by atoms with E-state index in [4.69, 9.17) is 15.2 Å². The van der Waals surface area contributed by atoms with E-state index in [2.05, 4.69) is 66.2 Å². The third-order valence-corrected chi connectivity index (χ3v) is 7.22. The van der Waals surface area contributed by atoms with E-state index < -0.39 is 0 Å². The van der Waals surface area contributed by atoms with E-state index in [1.165, 1.54) is 17.4 Å². The lowest BCUT2D eigenvalue weighted by atomic mass is 10.2. The maximum atomic E-state index is 6.22. The number of ether oxygens (including phenoxy) is 2. The van der Waals surface area contributed by atoms with Crippen LogP contribution in [0.2, 0.25) is 0 Å². The average molecular weight is 545 g/mol. The van der Waals surface area contributed by atoms with Crippen LogP contribution in [0.5, 0.6) is 11.5 Å². The highest BCUT2D eigenvalue weighted by Crippen LogP contribution is 2.33. The highest BCUT2D eigenvalue weighted by Gasteiger charge is 2.25. The van der Waals surface area contributed by atoms with E-state index in [0.717, 1.165) is 44.1 Å². The van der Waals surface area contributed by atoms with Crippen molar-refractivity contribution in [2.24, 2.45) is 0 Å². The van der Waals surface area contributed by atoms with Crippen molar-refractivity contribution < 1.29 is 9.47 Å². The number of rotatable bonds is 11. The van der Waals surface area contributed by atoms with Crippen LogP contribution in [0, 0.1) is 0 Å². The number of nitrogens with zero attached hydrogens (tertiary/aromatic N) is 8. The van der Waals surface area contributed by atoms with Gasteiger partial charge in [0.15, 0.2) is 17.3 Å². The maximum Gasteiger partial charge on any atom is 0.248 e. The van der Waals surface area contributed by atoms with Gasteiger partial charge < -0.3 is 20.5 Å². The number of likely N-dealkylation sites (tertiary alicyclic amines) is 1. The molecule has 1 saturated heterocycles. The molecular formula is C28H36N10O2. The van der Waals surface area contributed by atoms with Gasteiger partial charge in [-0.25, -0.2) is 9.97 Å². The molecule has 3 N–H and O–H groups in total. The van der Waals surface area contributed by atoms with Crippen molar-refractivity contribution in [3.63, 3.8) is 0 Å². The number of methoxy groups -OCH3 is 2. The summed E-state index contributed by atoms with van der Waals surface area (Å²) in [5, 5.41) is 8.39. The van der Waals surface area contributed by atoms with Crippen molar-refractivity contribution in [2.75, 3.05) is 58.0 Å². The van der Waals surface area contributed by atoms with Crippen molar-refractivity contribution in [3.05, 3.63) is 48.6 Å². The molecule has 12 heteroatoms. The van der Waals surface area contributed by atoms with Gasteiger partial charge >= 0.3 is 0 Å². The number of aromatic nitrogens is 6. The van der Waals surface area contributed by atoms with Crippen LogP contribution >= 0.6 is 0 Å². The highest BCUT2D eigenvalue weighted by molar-refractivity contribution is 5.88. The third-order valence-electron chi connectivity index (χ3n) is 7.22. The molecule has 3 aromatic heterocycles. The lowest BCUT2D eigenvalue weighted by Crippen LogP contribution is -2.37. The number of nitrogen functional groups attached to an aromatic ring is 1. The summed E-state index contributed by atoms with van der Waals surface area (Å²) >= 11 is 0. The molecule has 0 radical (unpaired) electrons. The first kappa shape index (κ1) is 27.3. The lowest BCUT2D eigenvalue weighted by molar-refractivity contribution is 0.215. The molecule has 1 aliphatic rings. The third kappa shape index (κ3) is 5.82. The zero-order chi connectivity index (χ0) is 28.1. The van der Waals surface area contributed by atoms with E-state index in [-0.39, 0.29) is 5.95 Å². The van der Waals surface area contributed by atoms with E-state index >= 15 is 0 Å². The zero-order valence-corrected chi connectivity index (χ0v) is 23.4. The predicted octanol–water partition coefficient (Wildman–Crippen LogP) is 3.38. The van der Waals surface area contributed by atoms with Gasteiger partial charge in [0.1, 0.15) is 6.33 Å². The molecule has 0 amide bonds. The van der Waals surface area contributed by atoms with Crippen LogP contribution in [0.1, 0.15) is 26.0 Å². The van der Waals surface area contributed by atoms with E-state index in [9.17, 15) is 0 Å². The molecule has 1 fully saturated rings. The second-order valence-electron chi connectivity index (χ2n) is 9.55. The summed E-state index contributed by atoms with van der Waals surface area (Å²) in [4.78, 5) is 22.7. The molecule has 0 bridgehead atoms. The van der Waals surface area contributed by atoms with Crippen molar-refractivity contribution in [2.45, 2.75) is 26.3 Å². The fourth-order valence-electron chi connectivity index (χ4n) is 5.12. The zero-order valence-electron chi connectivity index (χ0n) is 23.4. The van der Waals surface area contributed by atoms with Crippen LogP contribution in [0.4, 0.5) is 17.6 Å². The Labute approximate surface area is 233 Å². The van der Waals surface area contributed by atoms with Gasteiger partial charge in [-0.05, 0) is 43.8 Å². The second kappa shape index (κ2) is 12.3. The number of hydrogen-bond donors (Lipinski definition) is 2. The molecule has 1 aliphatic heterocycles. The van der Waals surface area contributed by atoms with Crippen molar-refractivity contribution in [1.82, 2.24) is 39.5 Å². The molecule has 1 unspecified atom stereocenters. The Morgan fingerprint density at radius 2 is 1.90 bits per heavy atom. The molecule has 0 aliphatic carbocycles. The minimum absolute atomic E-state index is 0.176. The fourth-order valence-corrected chi connectivity index (χ4v) is 5.12.